The summed E-state index contributed by atoms with van der Waals surface area (Å²) in [6.45, 7) is 20.0. The zero-order valence-corrected chi connectivity index (χ0v) is 79.6. The van der Waals surface area contributed by atoms with Gasteiger partial charge in [-0.3, -0.25) is 25.5 Å². The lowest BCUT2D eigenvalue weighted by Gasteiger charge is -2.43. The maximum Gasteiger partial charge on any atom is 0.181 e. The summed E-state index contributed by atoms with van der Waals surface area (Å²) in [4.78, 5) is 52.5. The number of fused-ring (bicyclic) bond motifs is 5. The van der Waals surface area contributed by atoms with E-state index in [0.717, 1.165) is 63.1 Å². The summed E-state index contributed by atoms with van der Waals surface area (Å²) in [5.41, 5.74) is 9.47. The molecule has 0 bridgehead atoms. The Labute approximate surface area is 814 Å². The first-order valence-electron chi connectivity index (χ1n) is 47.5. The first kappa shape index (κ1) is 97.2. The van der Waals surface area contributed by atoms with Crippen molar-refractivity contribution < 1.29 is 56.3 Å². The van der Waals surface area contributed by atoms with E-state index < -0.39 is 58.0 Å². The van der Waals surface area contributed by atoms with Crippen molar-refractivity contribution in [2.45, 2.75) is 140 Å². The fourth-order valence-electron chi connectivity index (χ4n) is 19.2. The number of nitrogens with one attached hydrogen (secondary N) is 9. The number of aromatic nitrogens is 20. The van der Waals surface area contributed by atoms with Crippen molar-refractivity contribution in [2.75, 3.05) is 116 Å². The number of hydrogen-bond donors (Lipinski definition) is 15. The van der Waals surface area contributed by atoms with E-state index in [1.807, 2.05) is 52.5 Å². The number of aliphatic hydroxyl groups is 4. The lowest BCUT2D eigenvalue weighted by Crippen LogP contribution is -2.62. The number of aromatic amines is 5. The van der Waals surface area contributed by atoms with Crippen LogP contribution < -0.4 is 51.5 Å². The fourth-order valence-corrected chi connectivity index (χ4v) is 19.8. The second-order valence-electron chi connectivity index (χ2n) is 38.3. The van der Waals surface area contributed by atoms with Crippen LogP contribution in [0.3, 0.4) is 0 Å². The standard InChI is InChI=1S/C20H22ClFN6O.C20H25FN6O2.C19H20ClFN6O.C19H20F2N6O.C19H22F2N6/c1-20(29,11-4-5-11)15-10-28(8-7-23-15)19-13(21)9-14(22)17(25-19)16-12-3-2-6-24-18(12)27-26-16;1-11(2)20(3,29)15-10-27(8-7-22-15)19-14(28)9-13(21)17(24-19)16-12-5-4-6-23-18(12)26-25-16;20-12-8-13(21)16(15-11-2-1-5-23-18(11)26-25-15)24-19(12)27-7-6-22-14(9-27)17(28)10-3-4-10;20-12-8-13(21)19(27-7-6-22-14(9-27)17(28)10-3-4-10)24-16(12)15-11-2-1-5-23-18(11)26-25-15;1-10(2)15(22)11-5-7-27(9-11)19-14(21)8-13(20)17(24-19)16-12-4-3-6-23-18(12)26-25-16/h2-3,6,9,11,15,23,29H,4-5,7-8,10H2,1H3,(H,24,26,27);4-6,9,11,15,22,28-29H,7-8,10H2,1-3H3,(H,23,25,26);2*1-2,5,8,10,14,17,22,28H,3-4,6-7,9H2,(H,23,25,26);3-4,6,8,10-11,15H,5,7,9,22H2,1-2H3,(H,23,25,26)/t;15-,20+;;;11-,15?/m.0..0/s1. The molecule has 141 heavy (non-hydrogen) atoms. The van der Waals surface area contributed by atoms with Gasteiger partial charge in [-0.05, 0) is 167 Å². The van der Waals surface area contributed by atoms with Crippen LogP contribution in [0.2, 0.25) is 10.0 Å². The molecule has 3 saturated carbocycles. The monoisotopic (exact) mass is 1980 g/mol. The van der Waals surface area contributed by atoms with Gasteiger partial charge in [0.15, 0.2) is 92.2 Å². The summed E-state index contributed by atoms with van der Waals surface area (Å²) in [6.07, 6.45) is 14.4. The van der Waals surface area contributed by atoms with Crippen LogP contribution in [0.4, 0.5) is 59.8 Å². The molecule has 5 saturated heterocycles. The van der Waals surface area contributed by atoms with Gasteiger partial charge in [-0.1, -0.05) is 50.9 Å². The van der Waals surface area contributed by atoms with Gasteiger partial charge in [-0.15, -0.1) is 0 Å². The van der Waals surface area contributed by atoms with E-state index in [9.17, 15) is 56.3 Å². The van der Waals surface area contributed by atoms with Gasteiger partial charge in [0.05, 0.1) is 86.1 Å². The topological polar surface area (TPSA) is 464 Å². The third-order valence-corrected chi connectivity index (χ3v) is 28.8. The molecule has 15 aromatic heterocycles. The molecule has 44 heteroatoms. The highest BCUT2D eigenvalue weighted by Crippen LogP contribution is 2.45. The average molecular weight is 1980 g/mol. The Morgan fingerprint density at radius 3 is 1.07 bits per heavy atom. The van der Waals surface area contributed by atoms with Crippen LogP contribution in [0.15, 0.2) is 122 Å². The van der Waals surface area contributed by atoms with E-state index in [4.69, 9.17) is 28.9 Å². The summed E-state index contributed by atoms with van der Waals surface area (Å²) in [7, 11) is 0. The molecule has 0 aromatic carbocycles. The number of piperazine rings is 4. The second kappa shape index (κ2) is 40.8. The molecule has 35 nitrogen and oxygen atoms in total. The van der Waals surface area contributed by atoms with Gasteiger partial charge in [0, 0.05) is 174 Å². The molecule has 7 unspecified atom stereocenters. The van der Waals surface area contributed by atoms with Gasteiger partial charge in [-0.2, -0.15) is 25.5 Å². The van der Waals surface area contributed by atoms with Gasteiger partial charge in [-0.25, -0.2) is 80.6 Å². The van der Waals surface area contributed by atoms with Crippen molar-refractivity contribution in [1.29, 1.82) is 0 Å². The number of pyridine rings is 10. The van der Waals surface area contributed by atoms with Crippen LogP contribution in [0.5, 0.6) is 5.75 Å². The van der Waals surface area contributed by atoms with Crippen LogP contribution in [-0.2, 0) is 0 Å². The predicted molar refractivity (Wildman–Crippen MR) is 522 cm³/mol. The predicted octanol–water partition coefficient (Wildman–Crippen LogP) is 12.1. The van der Waals surface area contributed by atoms with Crippen molar-refractivity contribution in [2.24, 2.45) is 41.2 Å². The molecular weight excluding hydrogens is 1870 g/mol. The Kier molecular flexibility index (Phi) is 28.1. The third kappa shape index (κ3) is 20.4. The van der Waals surface area contributed by atoms with E-state index in [1.165, 1.54) is 12.1 Å². The minimum Gasteiger partial charge on any atom is -0.504 e. The molecule has 0 amide bonds. The van der Waals surface area contributed by atoms with E-state index in [-0.39, 0.29) is 110 Å². The summed E-state index contributed by atoms with van der Waals surface area (Å²) in [5.74, 6) is -1.65. The number of nitrogens with zero attached hydrogens (tertiary/aromatic N) is 20. The Hall–Kier alpha value is -12.6. The summed E-state index contributed by atoms with van der Waals surface area (Å²) >= 11 is 12.7. The number of hydrogen-bond acceptors (Lipinski definition) is 30. The first-order chi connectivity index (χ1) is 67.9. The third-order valence-electron chi connectivity index (χ3n) is 28.2. The lowest BCUT2D eigenvalue weighted by molar-refractivity contribution is -0.0232. The molecule has 15 aromatic rings. The van der Waals surface area contributed by atoms with Gasteiger partial charge >= 0.3 is 0 Å². The summed E-state index contributed by atoms with van der Waals surface area (Å²) < 4.78 is 102. The Morgan fingerprint density at radius 1 is 0.383 bits per heavy atom. The molecular formula is C97H109Cl2F7N30O5. The van der Waals surface area contributed by atoms with Gasteiger partial charge in [0.1, 0.15) is 40.1 Å². The highest BCUT2D eigenvalue weighted by Gasteiger charge is 2.48. The normalized spacial score (nSPS) is 20.6. The zero-order chi connectivity index (χ0) is 98.6. The number of aliphatic hydroxyl groups excluding tert-OH is 2. The van der Waals surface area contributed by atoms with Crippen LogP contribution >= 0.6 is 23.2 Å². The van der Waals surface area contributed by atoms with Crippen LogP contribution in [0, 0.1) is 76.2 Å². The Balaban J connectivity index is 0.000000112. The highest BCUT2D eigenvalue weighted by molar-refractivity contribution is 6.33. The smallest absolute Gasteiger partial charge is 0.181 e. The number of anilines is 5. The minimum absolute atomic E-state index is 0.00437. The van der Waals surface area contributed by atoms with Crippen LogP contribution in [0.1, 0.15) is 86.5 Å². The van der Waals surface area contributed by atoms with E-state index in [0.29, 0.717) is 211 Å². The molecule has 0 spiro atoms. The van der Waals surface area contributed by atoms with Crippen molar-refractivity contribution in [1.82, 2.24) is 122 Å². The SMILES string of the molecule is CC(C)C(N)[C@H]1CCN(c2nc(-c3[nH]nc4ncccc34)c(F)cc2F)C1.CC(C)[C@@](C)(O)[C@@H]1CN(c2nc(-c3[nH]nc4ncccc34)c(F)cc2O)CCN1.CC(O)(C1CC1)C1CN(c2nc(-c3[nH]nc4ncccc34)c(F)cc2Cl)CCN1.OC(C1CC1)C1CN(c2nc(-c3[nH]nc4ncccc34)c(F)cc2Cl)CCN1.OC(C1CC1)C1CN(c2nc(-c3[nH]nc4ncccc34)c(F)cc2F)CCN1. The minimum atomic E-state index is -0.942. The molecule has 23 rings (SSSR count). The highest BCUT2D eigenvalue weighted by atomic mass is 35.5. The van der Waals surface area contributed by atoms with Crippen molar-refractivity contribution in [3.8, 4) is 62.7 Å². The van der Waals surface area contributed by atoms with Crippen LogP contribution in [0.25, 0.3) is 112 Å². The number of rotatable bonds is 20. The summed E-state index contributed by atoms with van der Waals surface area (Å²) in [6, 6.07) is 22.6. The Morgan fingerprint density at radius 2 is 0.702 bits per heavy atom. The van der Waals surface area contributed by atoms with Crippen molar-refractivity contribution >= 4 is 107 Å². The fraction of sp³-hybridized carbons (Fsp3) is 0.433. The molecule has 10 atom stereocenters. The van der Waals surface area contributed by atoms with Gasteiger partial charge in [0.2, 0.25) is 0 Å². The molecule has 20 heterocycles. The quantitative estimate of drug-likeness (QED) is 0.0315. The van der Waals surface area contributed by atoms with Gasteiger partial charge < -0.3 is 77.0 Å². The molecule has 740 valence electrons. The first-order valence-corrected chi connectivity index (χ1v) is 48.2. The lowest BCUT2D eigenvalue weighted by atomic mass is 9.84. The van der Waals surface area contributed by atoms with Crippen LogP contribution in [-0.4, -0.2) is 272 Å². The molecule has 0 radical (unpaired) electrons. The van der Waals surface area contributed by atoms with E-state index >= 15 is 0 Å². The van der Waals surface area contributed by atoms with Gasteiger partial charge in [0.25, 0.3) is 0 Å². The maximum absolute atomic E-state index is 14.8. The zero-order valence-electron chi connectivity index (χ0n) is 78.1. The molecule has 8 fully saturated rings. The molecule has 5 aliphatic heterocycles. The number of nitrogens with two attached hydrogens (primary N) is 1. The van der Waals surface area contributed by atoms with Crippen molar-refractivity contribution in [3.63, 3.8) is 0 Å². The number of aromatic hydroxyl groups is 1. The van der Waals surface area contributed by atoms with Crippen molar-refractivity contribution in [3.05, 3.63) is 173 Å². The maximum atomic E-state index is 14.8. The molecule has 16 N–H and O–H groups in total. The average Bonchev–Trinajstić information content (AvgIpc) is 1.71. The summed E-state index contributed by atoms with van der Waals surface area (Å²) in [5, 5.41) is 105. The number of halogens is 9. The largest absolute Gasteiger partial charge is 0.504 e. The molecule has 8 aliphatic rings. The van der Waals surface area contributed by atoms with E-state index in [1.54, 1.807) is 91.3 Å². The Bertz CT molecular complexity index is 6700. The van der Waals surface area contributed by atoms with E-state index in [2.05, 4.69) is 136 Å². The number of H-pyrrole nitrogens is 5. The molecule has 3 aliphatic carbocycles. The second-order valence-corrected chi connectivity index (χ2v) is 39.1.